The number of aromatic nitrogens is 2. The van der Waals surface area contributed by atoms with E-state index in [0.717, 1.165) is 45.6 Å². The number of hydrogen-bond donors (Lipinski definition) is 1. The fraction of sp³-hybridized carbons (Fsp3) is 0.308. The van der Waals surface area contributed by atoms with Gasteiger partial charge in [-0.2, -0.15) is 0 Å². The van der Waals surface area contributed by atoms with Crippen molar-refractivity contribution >= 4 is 33.5 Å². The number of anilines is 1. The highest BCUT2D eigenvalue weighted by Gasteiger charge is 2.23. The van der Waals surface area contributed by atoms with Gasteiger partial charge in [0.05, 0.1) is 29.6 Å². The first kappa shape index (κ1) is 19.6. The van der Waals surface area contributed by atoms with E-state index in [2.05, 4.69) is 54.1 Å². The SMILES string of the molecule is COC(=O)c1ccc2nc(-c3ccc4[nH]c(C)cc4c3)c(N3CCCC[C@@H]3C)cc2c1. The quantitative estimate of drug-likeness (QED) is 0.428. The van der Waals surface area contributed by atoms with Gasteiger partial charge in [-0.15, -0.1) is 0 Å². The molecule has 4 aromatic rings. The molecular weight excluding hydrogens is 386 g/mol. The van der Waals surface area contributed by atoms with Crippen LogP contribution >= 0.6 is 0 Å². The largest absolute Gasteiger partial charge is 0.465 e. The second kappa shape index (κ2) is 7.73. The van der Waals surface area contributed by atoms with Crippen LogP contribution in [0.1, 0.15) is 42.2 Å². The molecule has 0 spiro atoms. The summed E-state index contributed by atoms with van der Waals surface area (Å²) < 4.78 is 4.91. The summed E-state index contributed by atoms with van der Waals surface area (Å²) in [6, 6.07) is 16.9. The van der Waals surface area contributed by atoms with Crippen molar-refractivity contribution in [3.8, 4) is 11.3 Å². The minimum absolute atomic E-state index is 0.327. The predicted molar refractivity (Wildman–Crippen MR) is 126 cm³/mol. The fourth-order valence-electron chi connectivity index (χ4n) is 4.72. The Hall–Kier alpha value is -3.34. The molecule has 2 aromatic carbocycles. The number of piperidine rings is 1. The summed E-state index contributed by atoms with van der Waals surface area (Å²) in [5.74, 6) is -0.327. The number of nitrogens with one attached hydrogen (secondary N) is 1. The molecule has 2 aromatic heterocycles. The topological polar surface area (TPSA) is 58.2 Å². The van der Waals surface area contributed by atoms with E-state index in [0.29, 0.717) is 11.6 Å². The average Bonchev–Trinajstić information content (AvgIpc) is 3.16. The third-order valence-electron chi connectivity index (χ3n) is 6.36. The van der Waals surface area contributed by atoms with Crippen molar-refractivity contribution in [2.24, 2.45) is 0 Å². The first-order valence-corrected chi connectivity index (χ1v) is 10.9. The monoisotopic (exact) mass is 413 g/mol. The average molecular weight is 414 g/mol. The van der Waals surface area contributed by atoms with Gasteiger partial charge in [-0.1, -0.05) is 6.07 Å². The highest BCUT2D eigenvalue weighted by molar-refractivity contribution is 5.97. The van der Waals surface area contributed by atoms with Crippen molar-refractivity contribution in [1.82, 2.24) is 9.97 Å². The van der Waals surface area contributed by atoms with Crippen LogP contribution in [0, 0.1) is 6.92 Å². The number of fused-ring (bicyclic) bond motifs is 2. The van der Waals surface area contributed by atoms with Gasteiger partial charge in [0.2, 0.25) is 0 Å². The molecule has 5 rings (SSSR count). The van der Waals surface area contributed by atoms with Gasteiger partial charge in [-0.25, -0.2) is 9.78 Å². The van der Waals surface area contributed by atoms with Crippen molar-refractivity contribution in [3.63, 3.8) is 0 Å². The lowest BCUT2D eigenvalue weighted by Gasteiger charge is -2.36. The van der Waals surface area contributed by atoms with Crippen molar-refractivity contribution in [2.75, 3.05) is 18.6 Å². The van der Waals surface area contributed by atoms with E-state index in [-0.39, 0.29) is 5.97 Å². The summed E-state index contributed by atoms with van der Waals surface area (Å²) in [6.45, 7) is 5.38. The van der Waals surface area contributed by atoms with Gasteiger partial charge in [-0.3, -0.25) is 0 Å². The van der Waals surface area contributed by atoms with Crippen molar-refractivity contribution in [3.05, 3.63) is 59.8 Å². The first-order chi connectivity index (χ1) is 15.0. The van der Waals surface area contributed by atoms with E-state index in [4.69, 9.17) is 9.72 Å². The summed E-state index contributed by atoms with van der Waals surface area (Å²) >= 11 is 0. The van der Waals surface area contributed by atoms with Crippen molar-refractivity contribution in [1.29, 1.82) is 0 Å². The van der Waals surface area contributed by atoms with Gasteiger partial charge in [0.1, 0.15) is 0 Å². The number of rotatable bonds is 3. The Kier molecular flexibility index (Phi) is 4.89. The Morgan fingerprint density at radius 3 is 2.77 bits per heavy atom. The molecule has 0 unspecified atom stereocenters. The molecule has 5 heteroatoms. The van der Waals surface area contributed by atoms with E-state index >= 15 is 0 Å². The fourth-order valence-corrected chi connectivity index (χ4v) is 4.72. The Bertz CT molecular complexity index is 1290. The highest BCUT2D eigenvalue weighted by atomic mass is 16.5. The molecule has 0 saturated carbocycles. The van der Waals surface area contributed by atoms with Crippen LogP contribution in [0.25, 0.3) is 33.1 Å². The maximum atomic E-state index is 12.1. The number of carbonyl (C=O) groups excluding carboxylic acids is 1. The van der Waals surface area contributed by atoms with Crippen LogP contribution in [-0.2, 0) is 4.74 Å². The zero-order valence-corrected chi connectivity index (χ0v) is 18.2. The molecule has 158 valence electrons. The summed E-state index contributed by atoms with van der Waals surface area (Å²) in [4.78, 5) is 23.0. The zero-order chi connectivity index (χ0) is 21.5. The number of nitrogens with zero attached hydrogens (tertiary/aromatic N) is 2. The summed E-state index contributed by atoms with van der Waals surface area (Å²) in [6.07, 6.45) is 3.62. The van der Waals surface area contributed by atoms with Crippen LogP contribution in [0.4, 0.5) is 5.69 Å². The van der Waals surface area contributed by atoms with Gasteiger partial charge in [0.25, 0.3) is 0 Å². The van der Waals surface area contributed by atoms with Crippen LogP contribution in [0.3, 0.4) is 0 Å². The molecule has 5 nitrogen and oxygen atoms in total. The normalized spacial score (nSPS) is 16.7. The molecule has 1 N–H and O–H groups in total. The van der Waals surface area contributed by atoms with Crippen LogP contribution < -0.4 is 4.90 Å². The number of benzene rings is 2. The summed E-state index contributed by atoms with van der Waals surface area (Å²) in [5.41, 5.74) is 6.95. The molecule has 3 heterocycles. The number of hydrogen-bond acceptors (Lipinski definition) is 4. The molecular formula is C26H27N3O2. The Balaban J connectivity index is 1.72. The molecule has 31 heavy (non-hydrogen) atoms. The molecule has 1 saturated heterocycles. The third kappa shape index (κ3) is 3.54. The Labute approximate surface area is 182 Å². The molecule has 0 amide bonds. The van der Waals surface area contributed by atoms with Crippen molar-refractivity contribution < 1.29 is 9.53 Å². The van der Waals surface area contributed by atoms with E-state index < -0.39 is 0 Å². The molecule has 1 aliphatic rings. The number of H-pyrrole nitrogens is 1. The third-order valence-corrected chi connectivity index (χ3v) is 6.36. The smallest absolute Gasteiger partial charge is 0.337 e. The number of esters is 1. The molecule has 0 aliphatic carbocycles. The van der Waals surface area contributed by atoms with Gasteiger partial charge >= 0.3 is 5.97 Å². The Morgan fingerprint density at radius 1 is 1.10 bits per heavy atom. The first-order valence-electron chi connectivity index (χ1n) is 10.9. The minimum atomic E-state index is -0.327. The molecule has 0 radical (unpaired) electrons. The van der Waals surface area contributed by atoms with E-state index in [1.807, 2.05) is 12.1 Å². The lowest BCUT2D eigenvalue weighted by molar-refractivity contribution is 0.0601. The van der Waals surface area contributed by atoms with Crippen LogP contribution in [0.15, 0.2) is 48.5 Å². The Morgan fingerprint density at radius 2 is 1.97 bits per heavy atom. The van der Waals surface area contributed by atoms with Gasteiger partial charge < -0.3 is 14.6 Å². The molecule has 1 fully saturated rings. The zero-order valence-electron chi connectivity index (χ0n) is 18.2. The van der Waals surface area contributed by atoms with E-state index in [1.165, 1.54) is 31.8 Å². The second-order valence-electron chi connectivity index (χ2n) is 8.55. The summed E-state index contributed by atoms with van der Waals surface area (Å²) in [5, 5.41) is 2.15. The molecule has 0 bridgehead atoms. The maximum Gasteiger partial charge on any atom is 0.337 e. The van der Waals surface area contributed by atoms with E-state index in [9.17, 15) is 4.79 Å². The number of aryl methyl sites for hydroxylation is 1. The number of carbonyl (C=O) groups is 1. The van der Waals surface area contributed by atoms with Gasteiger partial charge in [0, 0.05) is 40.1 Å². The minimum Gasteiger partial charge on any atom is -0.465 e. The van der Waals surface area contributed by atoms with Crippen LogP contribution in [0.2, 0.25) is 0 Å². The predicted octanol–water partition coefficient (Wildman–Crippen LogP) is 5.86. The van der Waals surface area contributed by atoms with E-state index in [1.54, 1.807) is 6.07 Å². The lowest BCUT2D eigenvalue weighted by atomic mass is 9.99. The number of aromatic amines is 1. The molecule has 1 aliphatic heterocycles. The summed E-state index contributed by atoms with van der Waals surface area (Å²) in [7, 11) is 1.41. The van der Waals surface area contributed by atoms with Crippen LogP contribution in [-0.4, -0.2) is 35.6 Å². The van der Waals surface area contributed by atoms with Gasteiger partial charge in [-0.05, 0) is 75.6 Å². The van der Waals surface area contributed by atoms with Gasteiger partial charge in [0.15, 0.2) is 0 Å². The highest BCUT2D eigenvalue weighted by Crippen LogP contribution is 2.37. The standard InChI is InChI=1S/C26H27N3O2/c1-16-12-20-13-18(7-9-22(20)27-16)25-24(29-11-5-4-6-17(29)2)15-21-14-19(26(30)31-3)8-10-23(21)28-25/h7-10,12-15,17,27H,4-6,11H2,1-3H3/t17-/m0/s1. The van der Waals surface area contributed by atoms with Crippen molar-refractivity contribution in [2.45, 2.75) is 39.2 Å². The number of ether oxygens (including phenoxy) is 1. The van der Waals surface area contributed by atoms with Crippen LogP contribution in [0.5, 0.6) is 0 Å². The molecule has 1 atom stereocenters. The lowest BCUT2D eigenvalue weighted by Crippen LogP contribution is -2.37. The maximum absolute atomic E-state index is 12.1. The second-order valence-corrected chi connectivity index (χ2v) is 8.55. The number of methoxy groups -OCH3 is 1. The number of pyridine rings is 1.